The van der Waals surface area contributed by atoms with Crippen LogP contribution in [-0.2, 0) is 22.9 Å². The molecule has 0 heterocycles. The van der Waals surface area contributed by atoms with Crippen molar-refractivity contribution in [1.29, 1.82) is 0 Å². The molecule has 0 fully saturated rings. The van der Waals surface area contributed by atoms with Gasteiger partial charge >= 0.3 is 0 Å². The van der Waals surface area contributed by atoms with E-state index in [0.29, 0.717) is 17.9 Å². The minimum Gasteiger partial charge on any atom is -0.504 e. The van der Waals surface area contributed by atoms with Gasteiger partial charge in [0.05, 0.1) is 26.9 Å². The van der Waals surface area contributed by atoms with Gasteiger partial charge in [-0.25, -0.2) is 9.78 Å². The lowest BCUT2D eigenvalue weighted by Crippen LogP contribution is -2.23. The molecular weight excluding hydrogens is 326 g/mol. The highest BCUT2D eigenvalue weighted by Crippen LogP contribution is 2.34. The lowest BCUT2D eigenvalue weighted by atomic mass is 10.1. The molecule has 0 atom stereocenters. The van der Waals surface area contributed by atoms with Crippen molar-refractivity contribution in [2.75, 3.05) is 21.3 Å². The number of hydrogen-bond acceptors (Lipinski definition) is 6. The van der Waals surface area contributed by atoms with Crippen molar-refractivity contribution in [1.82, 2.24) is 5.32 Å². The first kappa shape index (κ1) is 18.6. The van der Waals surface area contributed by atoms with Gasteiger partial charge < -0.3 is 19.9 Å². The Balaban J connectivity index is 2.13. The molecular formula is C18H21NO6. The van der Waals surface area contributed by atoms with Crippen molar-refractivity contribution in [3.63, 3.8) is 0 Å². The largest absolute Gasteiger partial charge is 0.504 e. The average Bonchev–Trinajstić information content (AvgIpc) is 2.64. The molecule has 0 bridgehead atoms. The molecule has 0 unspecified atom stereocenters. The second-order valence-electron chi connectivity index (χ2n) is 5.12. The summed E-state index contributed by atoms with van der Waals surface area (Å²) in [7, 11) is 4.37. The molecule has 0 radical (unpaired) electrons. The molecule has 0 saturated carbocycles. The first-order valence-electron chi connectivity index (χ1n) is 7.56. The van der Waals surface area contributed by atoms with Crippen LogP contribution in [0, 0.1) is 0 Å². The van der Waals surface area contributed by atoms with Crippen molar-refractivity contribution in [2.24, 2.45) is 0 Å². The fourth-order valence-electron chi connectivity index (χ4n) is 2.32. The Labute approximate surface area is 146 Å². The molecule has 2 rings (SSSR count). The molecule has 0 aliphatic heterocycles. The summed E-state index contributed by atoms with van der Waals surface area (Å²) in [6.07, 6.45) is 0. The summed E-state index contributed by atoms with van der Waals surface area (Å²) < 4.78 is 10.3. The van der Waals surface area contributed by atoms with Crippen LogP contribution >= 0.6 is 0 Å². The second kappa shape index (κ2) is 8.91. The van der Waals surface area contributed by atoms with Gasteiger partial charge in [-0.3, -0.25) is 4.79 Å². The van der Waals surface area contributed by atoms with Gasteiger partial charge in [0.15, 0.2) is 11.5 Å². The fraction of sp³-hybridized carbons (Fsp3) is 0.278. The number of hydrogen-bond donors (Lipinski definition) is 2. The van der Waals surface area contributed by atoms with Crippen molar-refractivity contribution in [2.45, 2.75) is 13.2 Å². The predicted octanol–water partition coefficient (Wildman–Crippen LogP) is 2.42. The van der Waals surface area contributed by atoms with Crippen LogP contribution in [0.5, 0.6) is 17.2 Å². The number of nitrogens with one attached hydrogen (secondary N) is 1. The molecule has 1 amide bonds. The summed E-state index contributed by atoms with van der Waals surface area (Å²) in [5, 5.41) is 13.1. The molecule has 7 heteroatoms. The minimum absolute atomic E-state index is 0.0823. The molecule has 2 N–H and O–H groups in total. The number of phenolic OH excluding ortho intramolecular Hbond substituents is 1. The third-order valence-corrected chi connectivity index (χ3v) is 3.58. The summed E-state index contributed by atoms with van der Waals surface area (Å²) in [6.45, 7) is 0.380. The van der Waals surface area contributed by atoms with E-state index >= 15 is 0 Å². The monoisotopic (exact) mass is 347 g/mol. The maximum Gasteiger partial charge on any atom is 0.255 e. The number of methoxy groups -OCH3 is 2. The summed E-state index contributed by atoms with van der Waals surface area (Å²) in [5.41, 5.74) is 1.55. The van der Waals surface area contributed by atoms with Gasteiger partial charge in [-0.1, -0.05) is 18.2 Å². The Bertz CT molecular complexity index is 732. The number of amides is 1. The van der Waals surface area contributed by atoms with Gasteiger partial charge in [-0.05, 0) is 23.8 Å². The van der Waals surface area contributed by atoms with Crippen LogP contribution in [0.3, 0.4) is 0 Å². The van der Waals surface area contributed by atoms with E-state index in [-0.39, 0.29) is 23.7 Å². The van der Waals surface area contributed by atoms with Gasteiger partial charge in [0, 0.05) is 12.1 Å². The minimum atomic E-state index is -0.419. The molecule has 7 nitrogen and oxygen atoms in total. The van der Waals surface area contributed by atoms with E-state index < -0.39 is 5.91 Å². The SMILES string of the molecule is COOCc1ccc(C(=O)NCc2cccc(OC)c2)c(O)c1OC. The quantitative estimate of drug-likeness (QED) is 0.563. The van der Waals surface area contributed by atoms with Crippen molar-refractivity contribution in [3.8, 4) is 17.2 Å². The Hall–Kier alpha value is -2.77. The third-order valence-electron chi connectivity index (χ3n) is 3.58. The summed E-state index contributed by atoms with van der Waals surface area (Å²) >= 11 is 0. The molecule has 0 aromatic heterocycles. The zero-order valence-corrected chi connectivity index (χ0v) is 14.4. The highest BCUT2D eigenvalue weighted by Gasteiger charge is 2.18. The average molecular weight is 347 g/mol. The molecule has 0 aliphatic rings. The normalized spacial score (nSPS) is 10.4. The predicted molar refractivity (Wildman–Crippen MR) is 90.6 cm³/mol. The standard InChI is InChI=1S/C18H21NO6/c1-22-14-6-4-5-12(9-14)10-19-18(21)15-8-7-13(11-25-24-3)17(23-2)16(15)20/h4-9,20H,10-11H2,1-3H3,(H,19,21). The number of phenols is 1. The number of aromatic hydroxyl groups is 1. The first-order chi connectivity index (χ1) is 12.1. The Morgan fingerprint density at radius 2 is 1.92 bits per heavy atom. The van der Waals surface area contributed by atoms with E-state index in [1.807, 2.05) is 24.3 Å². The molecule has 0 spiro atoms. The smallest absolute Gasteiger partial charge is 0.255 e. The number of benzene rings is 2. The first-order valence-corrected chi connectivity index (χ1v) is 7.56. The number of rotatable bonds is 8. The van der Waals surface area contributed by atoms with Crippen LogP contribution in [0.4, 0.5) is 0 Å². The summed E-state index contributed by atoms with van der Waals surface area (Å²) in [4.78, 5) is 21.8. The van der Waals surface area contributed by atoms with E-state index in [9.17, 15) is 9.90 Å². The molecule has 2 aromatic rings. The molecule has 25 heavy (non-hydrogen) atoms. The summed E-state index contributed by atoms with van der Waals surface area (Å²) in [6, 6.07) is 10.5. The molecule has 0 aliphatic carbocycles. The van der Waals surface area contributed by atoms with Crippen LogP contribution in [-0.4, -0.2) is 32.3 Å². The second-order valence-corrected chi connectivity index (χ2v) is 5.12. The van der Waals surface area contributed by atoms with Gasteiger partial charge in [-0.15, -0.1) is 0 Å². The number of carbonyl (C=O) groups excluding carboxylic acids is 1. The Morgan fingerprint density at radius 1 is 1.12 bits per heavy atom. The van der Waals surface area contributed by atoms with Gasteiger partial charge in [-0.2, -0.15) is 0 Å². The van der Waals surface area contributed by atoms with Gasteiger partial charge in [0.25, 0.3) is 5.91 Å². The third kappa shape index (κ3) is 4.62. The lowest BCUT2D eigenvalue weighted by molar-refractivity contribution is -0.282. The lowest BCUT2D eigenvalue weighted by Gasteiger charge is -2.13. The van der Waals surface area contributed by atoms with Crippen LogP contribution in [0.1, 0.15) is 21.5 Å². The van der Waals surface area contributed by atoms with Crippen LogP contribution in [0.25, 0.3) is 0 Å². The zero-order chi connectivity index (χ0) is 18.2. The van der Waals surface area contributed by atoms with Crippen molar-refractivity contribution < 1.29 is 29.1 Å². The van der Waals surface area contributed by atoms with Gasteiger partial charge in [0.1, 0.15) is 12.4 Å². The maximum atomic E-state index is 12.4. The van der Waals surface area contributed by atoms with Crippen molar-refractivity contribution >= 4 is 5.91 Å². The summed E-state index contributed by atoms with van der Waals surface area (Å²) in [5.74, 6) is 0.213. The Morgan fingerprint density at radius 3 is 2.60 bits per heavy atom. The number of carbonyl (C=O) groups is 1. The molecule has 0 saturated heterocycles. The highest BCUT2D eigenvalue weighted by molar-refractivity contribution is 5.97. The zero-order valence-electron chi connectivity index (χ0n) is 14.4. The molecule has 134 valence electrons. The fourth-order valence-corrected chi connectivity index (χ4v) is 2.32. The van der Waals surface area contributed by atoms with E-state index in [1.165, 1.54) is 20.3 Å². The van der Waals surface area contributed by atoms with E-state index in [1.54, 1.807) is 13.2 Å². The van der Waals surface area contributed by atoms with Crippen LogP contribution in [0.15, 0.2) is 36.4 Å². The van der Waals surface area contributed by atoms with E-state index in [0.717, 1.165) is 5.56 Å². The van der Waals surface area contributed by atoms with E-state index in [2.05, 4.69) is 10.2 Å². The highest BCUT2D eigenvalue weighted by atomic mass is 17.2. The molecule has 2 aromatic carbocycles. The van der Waals surface area contributed by atoms with Gasteiger partial charge in [0.2, 0.25) is 0 Å². The van der Waals surface area contributed by atoms with Crippen LogP contribution in [0.2, 0.25) is 0 Å². The maximum absolute atomic E-state index is 12.4. The Kier molecular flexibility index (Phi) is 6.62. The van der Waals surface area contributed by atoms with Crippen molar-refractivity contribution in [3.05, 3.63) is 53.1 Å². The van der Waals surface area contributed by atoms with E-state index in [4.69, 9.17) is 14.4 Å². The van der Waals surface area contributed by atoms with Crippen LogP contribution < -0.4 is 14.8 Å². The topological polar surface area (TPSA) is 86.3 Å². The number of ether oxygens (including phenoxy) is 2.